The van der Waals surface area contributed by atoms with Gasteiger partial charge in [-0.15, -0.1) is 0 Å². The molecule has 3 N–H and O–H groups in total. The zero-order valence-corrected chi connectivity index (χ0v) is 11.4. The zero-order chi connectivity index (χ0) is 13.9. The highest BCUT2D eigenvalue weighted by Crippen LogP contribution is 2.21. The van der Waals surface area contributed by atoms with Crippen LogP contribution in [0.3, 0.4) is 0 Å². The number of halogens is 1. The monoisotopic (exact) mass is 284 g/mol. The number of aromatic nitrogens is 2. The molecule has 20 heavy (non-hydrogen) atoms. The standard InChI is InChI=1S/C15H13ClN4/c16-11-3-1-10(2-4-11)8-18-15-13-6-5-12(17)7-14(13)19-9-20-15/h1-7,9H,8,17H2,(H,18,19,20). The Morgan fingerprint density at radius 3 is 2.65 bits per heavy atom. The van der Waals surface area contributed by atoms with Gasteiger partial charge in [-0.2, -0.15) is 0 Å². The van der Waals surface area contributed by atoms with Gasteiger partial charge in [0.15, 0.2) is 0 Å². The van der Waals surface area contributed by atoms with Crippen LogP contribution >= 0.6 is 11.6 Å². The molecule has 0 atom stereocenters. The van der Waals surface area contributed by atoms with Crippen molar-refractivity contribution in [2.75, 3.05) is 11.1 Å². The van der Waals surface area contributed by atoms with E-state index in [1.54, 1.807) is 0 Å². The van der Waals surface area contributed by atoms with Crippen molar-refractivity contribution in [3.63, 3.8) is 0 Å². The van der Waals surface area contributed by atoms with Crippen molar-refractivity contribution in [2.24, 2.45) is 0 Å². The highest BCUT2D eigenvalue weighted by Gasteiger charge is 2.03. The summed E-state index contributed by atoms with van der Waals surface area (Å²) in [4.78, 5) is 8.50. The summed E-state index contributed by atoms with van der Waals surface area (Å²) in [6, 6.07) is 13.3. The molecule has 0 aliphatic carbocycles. The number of anilines is 2. The Kier molecular flexibility index (Phi) is 3.39. The molecule has 0 aliphatic heterocycles. The van der Waals surface area contributed by atoms with Crippen molar-refractivity contribution in [3.05, 3.63) is 59.4 Å². The van der Waals surface area contributed by atoms with E-state index >= 15 is 0 Å². The number of nitrogens with two attached hydrogens (primary N) is 1. The normalized spacial score (nSPS) is 10.7. The number of benzene rings is 2. The molecule has 2 aromatic carbocycles. The maximum atomic E-state index is 5.87. The van der Waals surface area contributed by atoms with Crippen molar-refractivity contribution in [1.82, 2.24) is 9.97 Å². The van der Waals surface area contributed by atoms with Gasteiger partial charge in [-0.05, 0) is 35.9 Å². The average Bonchev–Trinajstić information content (AvgIpc) is 2.46. The predicted molar refractivity (Wildman–Crippen MR) is 82.7 cm³/mol. The fourth-order valence-corrected chi connectivity index (χ4v) is 2.13. The molecule has 0 bridgehead atoms. The van der Waals surface area contributed by atoms with E-state index in [-0.39, 0.29) is 0 Å². The number of rotatable bonds is 3. The number of nitrogens with one attached hydrogen (secondary N) is 1. The van der Waals surface area contributed by atoms with E-state index in [1.165, 1.54) is 6.33 Å². The maximum absolute atomic E-state index is 5.87. The largest absolute Gasteiger partial charge is 0.399 e. The summed E-state index contributed by atoms with van der Waals surface area (Å²) in [5, 5.41) is 5.00. The van der Waals surface area contributed by atoms with Gasteiger partial charge in [0.1, 0.15) is 12.1 Å². The summed E-state index contributed by atoms with van der Waals surface area (Å²) in [6.07, 6.45) is 1.53. The lowest BCUT2D eigenvalue weighted by molar-refractivity contribution is 1.10. The fraction of sp³-hybridized carbons (Fsp3) is 0.0667. The molecule has 0 saturated carbocycles. The van der Waals surface area contributed by atoms with Crippen molar-refractivity contribution in [2.45, 2.75) is 6.54 Å². The summed E-state index contributed by atoms with van der Waals surface area (Å²) in [5.74, 6) is 0.796. The molecule has 0 unspecified atom stereocenters. The van der Waals surface area contributed by atoms with Crippen LogP contribution in [0.2, 0.25) is 5.02 Å². The van der Waals surface area contributed by atoms with E-state index in [0.717, 1.165) is 27.3 Å². The molecule has 1 heterocycles. The molecule has 0 fully saturated rings. The summed E-state index contributed by atoms with van der Waals surface area (Å²) in [7, 11) is 0. The molecule has 0 amide bonds. The van der Waals surface area contributed by atoms with Gasteiger partial charge in [0, 0.05) is 22.6 Å². The maximum Gasteiger partial charge on any atom is 0.137 e. The summed E-state index contributed by atoms with van der Waals surface area (Å²) in [5.41, 5.74) is 8.42. The minimum absolute atomic E-state index is 0.674. The lowest BCUT2D eigenvalue weighted by Crippen LogP contribution is -2.02. The van der Waals surface area contributed by atoms with Gasteiger partial charge < -0.3 is 11.1 Å². The van der Waals surface area contributed by atoms with Crippen molar-refractivity contribution >= 4 is 34.0 Å². The minimum atomic E-state index is 0.674. The van der Waals surface area contributed by atoms with Gasteiger partial charge in [-0.1, -0.05) is 23.7 Å². The highest BCUT2D eigenvalue weighted by molar-refractivity contribution is 6.30. The highest BCUT2D eigenvalue weighted by atomic mass is 35.5. The van der Waals surface area contributed by atoms with Gasteiger partial charge in [0.25, 0.3) is 0 Å². The first-order chi connectivity index (χ1) is 9.72. The van der Waals surface area contributed by atoms with E-state index in [4.69, 9.17) is 17.3 Å². The van der Waals surface area contributed by atoms with Gasteiger partial charge in [0.05, 0.1) is 5.52 Å². The van der Waals surface area contributed by atoms with Gasteiger partial charge >= 0.3 is 0 Å². The molecule has 4 nitrogen and oxygen atoms in total. The van der Waals surface area contributed by atoms with Crippen LogP contribution < -0.4 is 11.1 Å². The van der Waals surface area contributed by atoms with Gasteiger partial charge in [-0.3, -0.25) is 0 Å². The Bertz CT molecular complexity index is 740. The van der Waals surface area contributed by atoms with Crippen molar-refractivity contribution in [1.29, 1.82) is 0 Å². The number of hydrogen-bond donors (Lipinski definition) is 2. The van der Waals surface area contributed by atoms with E-state index in [0.29, 0.717) is 12.2 Å². The Morgan fingerprint density at radius 1 is 1.05 bits per heavy atom. The molecule has 0 radical (unpaired) electrons. The third-order valence-electron chi connectivity index (χ3n) is 3.03. The van der Waals surface area contributed by atoms with E-state index in [2.05, 4.69) is 15.3 Å². The van der Waals surface area contributed by atoms with Crippen LogP contribution in [0.4, 0.5) is 11.5 Å². The quantitative estimate of drug-likeness (QED) is 0.723. The Hall–Kier alpha value is -2.33. The Labute approximate surface area is 121 Å². The minimum Gasteiger partial charge on any atom is -0.399 e. The first kappa shape index (κ1) is 12.7. The molecule has 0 saturated heterocycles. The SMILES string of the molecule is Nc1ccc2c(NCc3ccc(Cl)cc3)ncnc2c1. The van der Waals surface area contributed by atoms with E-state index < -0.39 is 0 Å². The van der Waals surface area contributed by atoms with Crippen molar-refractivity contribution in [3.8, 4) is 0 Å². The second kappa shape index (κ2) is 5.35. The Morgan fingerprint density at radius 2 is 1.85 bits per heavy atom. The average molecular weight is 285 g/mol. The van der Waals surface area contributed by atoms with E-state index in [1.807, 2.05) is 42.5 Å². The first-order valence-electron chi connectivity index (χ1n) is 6.21. The fourth-order valence-electron chi connectivity index (χ4n) is 2.00. The van der Waals surface area contributed by atoms with Crippen LogP contribution in [0.15, 0.2) is 48.8 Å². The third kappa shape index (κ3) is 2.65. The number of nitrogens with zero attached hydrogens (tertiary/aromatic N) is 2. The van der Waals surface area contributed by atoms with Crippen LogP contribution in [0.25, 0.3) is 10.9 Å². The number of hydrogen-bond acceptors (Lipinski definition) is 4. The molecule has 0 spiro atoms. The van der Waals surface area contributed by atoms with Gasteiger partial charge in [0.2, 0.25) is 0 Å². The molecule has 3 rings (SSSR count). The second-order valence-corrected chi connectivity index (χ2v) is 4.92. The molecule has 100 valence electrons. The summed E-state index contributed by atoms with van der Waals surface area (Å²) in [6.45, 7) is 0.674. The molecule has 0 aliphatic rings. The molecule has 1 aromatic heterocycles. The van der Waals surface area contributed by atoms with Crippen LogP contribution in [0.1, 0.15) is 5.56 Å². The van der Waals surface area contributed by atoms with Gasteiger partial charge in [-0.25, -0.2) is 9.97 Å². The summed E-state index contributed by atoms with van der Waals surface area (Å²) >= 11 is 5.87. The number of fused-ring (bicyclic) bond motifs is 1. The third-order valence-corrected chi connectivity index (χ3v) is 3.29. The van der Waals surface area contributed by atoms with Crippen molar-refractivity contribution < 1.29 is 0 Å². The van der Waals surface area contributed by atoms with Crippen LogP contribution in [-0.2, 0) is 6.54 Å². The zero-order valence-electron chi connectivity index (χ0n) is 10.7. The predicted octanol–water partition coefficient (Wildman–Crippen LogP) is 3.48. The molecule has 5 heteroatoms. The summed E-state index contributed by atoms with van der Waals surface area (Å²) < 4.78 is 0. The Balaban J connectivity index is 1.85. The molecular formula is C15H13ClN4. The lowest BCUT2D eigenvalue weighted by Gasteiger charge is -2.08. The topological polar surface area (TPSA) is 63.8 Å². The van der Waals surface area contributed by atoms with E-state index in [9.17, 15) is 0 Å². The first-order valence-corrected chi connectivity index (χ1v) is 6.59. The van der Waals surface area contributed by atoms with Crippen LogP contribution in [0, 0.1) is 0 Å². The lowest BCUT2D eigenvalue weighted by atomic mass is 10.2. The smallest absolute Gasteiger partial charge is 0.137 e. The number of nitrogen functional groups attached to an aromatic ring is 1. The molecular weight excluding hydrogens is 272 g/mol. The van der Waals surface area contributed by atoms with Crippen LogP contribution in [-0.4, -0.2) is 9.97 Å². The molecule has 3 aromatic rings. The van der Waals surface area contributed by atoms with Crippen LogP contribution in [0.5, 0.6) is 0 Å². The second-order valence-electron chi connectivity index (χ2n) is 4.48.